The van der Waals surface area contributed by atoms with Gasteiger partial charge in [-0.2, -0.15) is 0 Å². The van der Waals surface area contributed by atoms with E-state index in [1.165, 1.54) is 0 Å². The highest BCUT2D eigenvalue weighted by atomic mass is 16.1. The monoisotopic (exact) mass is 337 g/mol. The molecule has 0 unspecified atom stereocenters. The summed E-state index contributed by atoms with van der Waals surface area (Å²) in [6.07, 6.45) is 0. The lowest BCUT2D eigenvalue weighted by atomic mass is 10.0. The van der Waals surface area contributed by atoms with E-state index in [2.05, 4.69) is 28.8 Å². The summed E-state index contributed by atoms with van der Waals surface area (Å²) in [6.45, 7) is 1.90. The van der Waals surface area contributed by atoms with Crippen LogP contribution in [0.2, 0.25) is 0 Å². The Kier molecular flexibility index (Phi) is 4.24. The van der Waals surface area contributed by atoms with Crippen LogP contribution in [-0.2, 0) is 0 Å². The Morgan fingerprint density at radius 2 is 1.15 bits per heavy atom. The number of hydrogen-bond acceptors (Lipinski definition) is 1. The zero-order valence-corrected chi connectivity index (χ0v) is 14.6. The van der Waals surface area contributed by atoms with E-state index < -0.39 is 0 Å². The van der Waals surface area contributed by atoms with Gasteiger partial charge in [0.05, 0.1) is 11.4 Å². The van der Waals surface area contributed by atoms with E-state index in [1.54, 1.807) is 6.07 Å². The van der Waals surface area contributed by atoms with Crippen LogP contribution in [0.25, 0.3) is 28.2 Å². The average Bonchev–Trinajstić information content (AvgIpc) is 2.71. The molecule has 0 fully saturated rings. The van der Waals surface area contributed by atoms with Crippen molar-refractivity contribution < 1.29 is 0 Å². The van der Waals surface area contributed by atoms with E-state index >= 15 is 0 Å². The Morgan fingerprint density at radius 3 is 1.73 bits per heavy atom. The zero-order chi connectivity index (χ0) is 17.9. The largest absolute Gasteiger partial charge is 0.309 e. The van der Waals surface area contributed by atoms with Crippen molar-refractivity contribution in [3.05, 3.63) is 113 Å². The van der Waals surface area contributed by atoms with E-state index in [0.29, 0.717) is 0 Å². The maximum Gasteiger partial charge on any atom is 0.185 e. The SMILES string of the molecule is Cc1c(-c2ccccc2)n(-c2ccccc2)c(-c2ccccc2)cc1=O. The van der Waals surface area contributed by atoms with E-state index in [1.807, 2.05) is 73.7 Å². The topological polar surface area (TPSA) is 22.0 Å². The van der Waals surface area contributed by atoms with Crippen LogP contribution in [0, 0.1) is 6.92 Å². The first-order valence-electron chi connectivity index (χ1n) is 8.68. The molecule has 0 aliphatic heterocycles. The summed E-state index contributed by atoms with van der Waals surface area (Å²) in [4.78, 5) is 12.8. The predicted octanol–water partition coefficient (Wildman–Crippen LogP) is 5.48. The van der Waals surface area contributed by atoms with Crippen LogP contribution in [0.5, 0.6) is 0 Å². The fourth-order valence-electron chi connectivity index (χ4n) is 3.31. The van der Waals surface area contributed by atoms with Crippen LogP contribution in [0.1, 0.15) is 5.56 Å². The van der Waals surface area contributed by atoms with Gasteiger partial charge in [-0.25, -0.2) is 0 Å². The second-order valence-corrected chi connectivity index (χ2v) is 6.27. The third kappa shape index (κ3) is 2.86. The first kappa shape index (κ1) is 16.1. The number of pyridine rings is 1. The molecule has 4 rings (SSSR count). The maximum atomic E-state index is 12.8. The van der Waals surface area contributed by atoms with Crippen molar-refractivity contribution in [2.24, 2.45) is 0 Å². The zero-order valence-electron chi connectivity index (χ0n) is 14.6. The summed E-state index contributed by atoms with van der Waals surface area (Å²) in [7, 11) is 0. The Hall–Kier alpha value is -3.39. The molecule has 4 aromatic rings. The molecule has 126 valence electrons. The molecule has 2 nitrogen and oxygen atoms in total. The minimum atomic E-state index is 0.0508. The van der Waals surface area contributed by atoms with E-state index in [4.69, 9.17) is 0 Å². The molecule has 0 radical (unpaired) electrons. The standard InChI is InChI=1S/C24H19NO/c1-18-23(26)17-22(19-11-5-2-6-12-19)25(21-15-9-4-10-16-21)24(18)20-13-7-3-8-14-20/h2-17H,1H3. The second-order valence-electron chi connectivity index (χ2n) is 6.27. The lowest BCUT2D eigenvalue weighted by Crippen LogP contribution is -2.15. The predicted molar refractivity (Wildman–Crippen MR) is 108 cm³/mol. The molecule has 0 spiro atoms. The highest BCUT2D eigenvalue weighted by Crippen LogP contribution is 2.31. The molecule has 0 atom stereocenters. The van der Waals surface area contributed by atoms with Crippen molar-refractivity contribution in [1.29, 1.82) is 0 Å². The number of para-hydroxylation sites is 1. The number of rotatable bonds is 3. The summed E-state index contributed by atoms with van der Waals surface area (Å²) in [5, 5.41) is 0. The smallest absolute Gasteiger partial charge is 0.185 e. The van der Waals surface area contributed by atoms with E-state index in [0.717, 1.165) is 33.8 Å². The van der Waals surface area contributed by atoms with Crippen LogP contribution >= 0.6 is 0 Å². The van der Waals surface area contributed by atoms with Crippen LogP contribution in [-0.4, -0.2) is 4.57 Å². The van der Waals surface area contributed by atoms with Gasteiger partial charge in [0, 0.05) is 17.3 Å². The van der Waals surface area contributed by atoms with Crippen LogP contribution < -0.4 is 5.43 Å². The number of hydrogen-bond donors (Lipinski definition) is 0. The van der Waals surface area contributed by atoms with Crippen molar-refractivity contribution in [1.82, 2.24) is 4.57 Å². The Morgan fingerprint density at radius 1 is 0.654 bits per heavy atom. The van der Waals surface area contributed by atoms with Gasteiger partial charge in [-0.05, 0) is 30.2 Å². The quantitative estimate of drug-likeness (QED) is 0.485. The summed E-state index contributed by atoms with van der Waals surface area (Å²) in [5.74, 6) is 0. The molecule has 1 heterocycles. The number of nitrogens with zero attached hydrogens (tertiary/aromatic N) is 1. The molecule has 0 amide bonds. The summed E-state index contributed by atoms with van der Waals surface area (Å²) >= 11 is 0. The van der Waals surface area contributed by atoms with Crippen LogP contribution in [0.3, 0.4) is 0 Å². The molecule has 2 heteroatoms. The molecule has 0 saturated carbocycles. The van der Waals surface area contributed by atoms with Gasteiger partial charge in [0.15, 0.2) is 5.43 Å². The van der Waals surface area contributed by atoms with Crippen molar-refractivity contribution in [3.63, 3.8) is 0 Å². The van der Waals surface area contributed by atoms with Gasteiger partial charge in [0.25, 0.3) is 0 Å². The Labute approximate surface area is 153 Å². The summed E-state index contributed by atoms with van der Waals surface area (Å²) in [6, 6.07) is 32.1. The van der Waals surface area contributed by atoms with Crippen LogP contribution in [0.15, 0.2) is 102 Å². The first-order chi connectivity index (χ1) is 12.8. The molecule has 26 heavy (non-hydrogen) atoms. The van der Waals surface area contributed by atoms with Crippen molar-refractivity contribution in [2.75, 3.05) is 0 Å². The molecular weight excluding hydrogens is 318 g/mol. The third-order valence-corrected chi connectivity index (χ3v) is 4.59. The van der Waals surface area contributed by atoms with Gasteiger partial charge in [0.1, 0.15) is 0 Å². The third-order valence-electron chi connectivity index (χ3n) is 4.59. The fraction of sp³-hybridized carbons (Fsp3) is 0.0417. The first-order valence-corrected chi connectivity index (χ1v) is 8.68. The van der Waals surface area contributed by atoms with Crippen molar-refractivity contribution in [3.8, 4) is 28.2 Å². The van der Waals surface area contributed by atoms with Crippen molar-refractivity contribution >= 4 is 0 Å². The molecule has 0 aliphatic rings. The summed E-state index contributed by atoms with van der Waals surface area (Å²) in [5.41, 5.74) is 5.71. The van der Waals surface area contributed by atoms with Gasteiger partial charge in [-0.15, -0.1) is 0 Å². The lowest BCUT2D eigenvalue weighted by Gasteiger charge is -2.21. The molecular formula is C24H19NO. The molecule has 0 saturated heterocycles. The van der Waals surface area contributed by atoms with Gasteiger partial charge in [0.2, 0.25) is 0 Å². The minimum absolute atomic E-state index is 0.0508. The van der Waals surface area contributed by atoms with E-state index in [9.17, 15) is 4.79 Å². The molecule has 0 aliphatic carbocycles. The molecule has 3 aromatic carbocycles. The van der Waals surface area contributed by atoms with Gasteiger partial charge in [-0.3, -0.25) is 4.79 Å². The normalized spacial score (nSPS) is 10.7. The maximum absolute atomic E-state index is 12.8. The highest BCUT2D eigenvalue weighted by Gasteiger charge is 2.16. The molecule has 0 bridgehead atoms. The highest BCUT2D eigenvalue weighted by molar-refractivity contribution is 5.73. The van der Waals surface area contributed by atoms with Crippen molar-refractivity contribution in [2.45, 2.75) is 6.92 Å². The Bertz CT molecular complexity index is 1080. The minimum Gasteiger partial charge on any atom is -0.309 e. The number of benzene rings is 3. The van der Waals surface area contributed by atoms with Gasteiger partial charge in [-0.1, -0.05) is 78.9 Å². The second kappa shape index (κ2) is 6.85. The Balaban J connectivity index is 2.14. The van der Waals surface area contributed by atoms with Crippen LogP contribution in [0.4, 0.5) is 0 Å². The van der Waals surface area contributed by atoms with Gasteiger partial charge < -0.3 is 4.57 Å². The fourth-order valence-corrected chi connectivity index (χ4v) is 3.31. The average molecular weight is 337 g/mol. The van der Waals surface area contributed by atoms with E-state index in [-0.39, 0.29) is 5.43 Å². The summed E-state index contributed by atoms with van der Waals surface area (Å²) < 4.78 is 2.18. The number of aromatic nitrogens is 1. The molecule has 1 aromatic heterocycles. The molecule has 0 N–H and O–H groups in total. The lowest BCUT2D eigenvalue weighted by molar-refractivity contribution is 1.04. The van der Waals surface area contributed by atoms with Gasteiger partial charge >= 0.3 is 0 Å².